The Morgan fingerprint density at radius 3 is 2.19 bits per heavy atom. The molecule has 0 fully saturated rings. The van der Waals surface area contributed by atoms with Gasteiger partial charge in [0, 0.05) is 11.4 Å². The van der Waals surface area contributed by atoms with Crippen LogP contribution in [0.4, 0.5) is 15.8 Å². The molecular weight excluding hydrogens is 271 g/mol. The Labute approximate surface area is 122 Å². The van der Waals surface area contributed by atoms with Gasteiger partial charge in [-0.3, -0.25) is 9.59 Å². The highest BCUT2D eigenvalue weighted by Crippen LogP contribution is 2.16. The molecule has 5 heteroatoms. The first-order valence-electron chi connectivity index (χ1n) is 6.41. The van der Waals surface area contributed by atoms with Crippen LogP contribution in [0.15, 0.2) is 42.5 Å². The highest BCUT2D eigenvalue weighted by atomic mass is 19.1. The van der Waals surface area contributed by atoms with Crippen molar-refractivity contribution >= 4 is 23.2 Å². The van der Waals surface area contributed by atoms with Crippen LogP contribution in [-0.2, 0) is 9.59 Å². The second-order valence-electron chi connectivity index (χ2n) is 4.73. The monoisotopic (exact) mass is 286 g/mol. The molecule has 2 amide bonds. The normalized spacial score (nSPS) is 10.0. The summed E-state index contributed by atoms with van der Waals surface area (Å²) in [5, 5.41) is 4.96. The average molecular weight is 286 g/mol. The largest absolute Gasteiger partial charge is 0.318 e. The molecule has 0 atom stereocenters. The molecule has 0 saturated carbocycles. The van der Waals surface area contributed by atoms with Crippen molar-refractivity contribution in [2.75, 3.05) is 10.6 Å². The summed E-state index contributed by atoms with van der Waals surface area (Å²) >= 11 is 0. The number of carbonyl (C=O) groups excluding carboxylic acids is 2. The topological polar surface area (TPSA) is 58.2 Å². The van der Waals surface area contributed by atoms with Gasteiger partial charge < -0.3 is 10.6 Å². The first-order chi connectivity index (χ1) is 9.95. The lowest BCUT2D eigenvalue weighted by atomic mass is 10.1. The minimum absolute atomic E-state index is 0.359. The second-order valence-corrected chi connectivity index (χ2v) is 4.73. The number of rotatable bonds is 2. The molecule has 0 bridgehead atoms. The van der Waals surface area contributed by atoms with E-state index in [1.807, 2.05) is 26.0 Å². The number of aryl methyl sites for hydroxylation is 2. The Morgan fingerprint density at radius 1 is 0.905 bits per heavy atom. The van der Waals surface area contributed by atoms with E-state index >= 15 is 0 Å². The van der Waals surface area contributed by atoms with E-state index in [-0.39, 0.29) is 0 Å². The molecule has 0 saturated heterocycles. The first kappa shape index (κ1) is 14.7. The summed E-state index contributed by atoms with van der Waals surface area (Å²) in [5.41, 5.74) is 2.80. The molecule has 21 heavy (non-hydrogen) atoms. The van der Waals surface area contributed by atoms with Gasteiger partial charge in [-0.15, -0.1) is 0 Å². The lowest BCUT2D eigenvalue weighted by molar-refractivity contribution is -0.133. The van der Waals surface area contributed by atoms with E-state index in [4.69, 9.17) is 0 Å². The maximum Gasteiger partial charge on any atom is 0.314 e. The van der Waals surface area contributed by atoms with Crippen molar-refractivity contribution in [2.45, 2.75) is 13.8 Å². The predicted molar refractivity (Wildman–Crippen MR) is 79.6 cm³/mol. The summed E-state index contributed by atoms with van der Waals surface area (Å²) < 4.78 is 12.8. The SMILES string of the molecule is Cc1ccc(C)c(NC(=O)C(=O)Nc2ccc(F)cc2)c1. The maximum absolute atomic E-state index is 12.8. The molecule has 0 aliphatic heterocycles. The number of anilines is 2. The molecule has 2 aromatic rings. The quantitative estimate of drug-likeness (QED) is 0.834. The smallest absolute Gasteiger partial charge is 0.314 e. The highest BCUT2D eigenvalue weighted by molar-refractivity contribution is 6.43. The van der Waals surface area contributed by atoms with E-state index in [2.05, 4.69) is 10.6 Å². The van der Waals surface area contributed by atoms with E-state index in [1.165, 1.54) is 24.3 Å². The third-order valence-corrected chi connectivity index (χ3v) is 2.95. The summed E-state index contributed by atoms with van der Waals surface area (Å²) in [6, 6.07) is 10.8. The van der Waals surface area contributed by atoms with Gasteiger partial charge in [-0.25, -0.2) is 4.39 Å². The molecule has 108 valence electrons. The second kappa shape index (κ2) is 6.17. The molecule has 2 rings (SSSR count). The van der Waals surface area contributed by atoms with Crippen LogP contribution in [0.2, 0.25) is 0 Å². The molecule has 0 unspecified atom stereocenters. The van der Waals surface area contributed by atoms with Crippen molar-refractivity contribution < 1.29 is 14.0 Å². The number of hydrogen-bond donors (Lipinski definition) is 2. The summed E-state index contributed by atoms with van der Waals surface area (Å²) in [4.78, 5) is 23.6. The van der Waals surface area contributed by atoms with E-state index < -0.39 is 17.6 Å². The zero-order valence-corrected chi connectivity index (χ0v) is 11.7. The molecular formula is C16H15FN2O2. The minimum atomic E-state index is -0.803. The summed E-state index contributed by atoms with van der Waals surface area (Å²) in [6.45, 7) is 3.74. The standard InChI is InChI=1S/C16H15FN2O2/c1-10-3-4-11(2)14(9-10)19-16(21)15(20)18-13-7-5-12(17)6-8-13/h3-9H,1-2H3,(H,18,20)(H,19,21). The van der Waals surface area contributed by atoms with Gasteiger partial charge in [0.25, 0.3) is 0 Å². The van der Waals surface area contributed by atoms with Crippen molar-refractivity contribution in [1.29, 1.82) is 0 Å². The van der Waals surface area contributed by atoms with E-state index in [1.54, 1.807) is 6.07 Å². The van der Waals surface area contributed by atoms with Crippen molar-refractivity contribution in [2.24, 2.45) is 0 Å². The van der Waals surface area contributed by atoms with E-state index in [0.29, 0.717) is 11.4 Å². The van der Waals surface area contributed by atoms with Crippen molar-refractivity contribution in [3.63, 3.8) is 0 Å². The Morgan fingerprint density at radius 2 is 1.52 bits per heavy atom. The highest BCUT2D eigenvalue weighted by Gasteiger charge is 2.15. The lowest BCUT2D eigenvalue weighted by Crippen LogP contribution is -2.29. The number of benzene rings is 2. The van der Waals surface area contributed by atoms with Gasteiger partial charge in [-0.05, 0) is 55.3 Å². The predicted octanol–water partition coefficient (Wildman–Crippen LogP) is 3.02. The number of halogens is 1. The van der Waals surface area contributed by atoms with E-state index in [9.17, 15) is 14.0 Å². The summed E-state index contributed by atoms with van der Waals surface area (Å²) in [6.07, 6.45) is 0. The van der Waals surface area contributed by atoms with Gasteiger partial charge >= 0.3 is 11.8 Å². The molecule has 0 heterocycles. The Bertz CT molecular complexity index is 681. The molecule has 2 N–H and O–H groups in total. The van der Waals surface area contributed by atoms with Crippen LogP contribution < -0.4 is 10.6 Å². The van der Waals surface area contributed by atoms with Crippen LogP contribution in [0.25, 0.3) is 0 Å². The fourth-order valence-corrected chi connectivity index (χ4v) is 1.77. The third-order valence-electron chi connectivity index (χ3n) is 2.95. The molecule has 2 aromatic carbocycles. The van der Waals surface area contributed by atoms with Crippen LogP contribution in [0.5, 0.6) is 0 Å². The number of amides is 2. The van der Waals surface area contributed by atoms with Crippen LogP contribution in [0, 0.1) is 19.7 Å². The fraction of sp³-hybridized carbons (Fsp3) is 0.125. The van der Waals surface area contributed by atoms with Gasteiger partial charge in [-0.1, -0.05) is 12.1 Å². The van der Waals surface area contributed by atoms with Gasteiger partial charge in [0.2, 0.25) is 0 Å². The van der Waals surface area contributed by atoms with Gasteiger partial charge in [0.05, 0.1) is 0 Å². The zero-order chi connectivity index (χ0) is 15.4. The Balaban J connectivity index is 2.04. The lowest BCUT2D eigenvalue weighted by Gasteiger charge is -2.09. The molecule has 0 spiro atoms. The van der Waals surface area contributed by atoms with Crippen LogP contribution in [-0.4, -0.2) is 11.8 Å². The third kappa shape index (κ3) is 3.89. The Kier molecular flexibility index (Phi) is 4.33. The van der Waals surface area contributed by atoms with E-state index in [0.717, 1.165) is 11.1 Å². The van der Waals surface area contributed by atoms with Crippen LogP contribution >= 0.6 is 0 Å². The minimum Gasteiger partial charge on any atom is -0.318 e. The number of carbonyl (C=O) groups is 2. The number of nitrogens with one attached hydrogen (secondary N) is 2. The Hall–Kier alpha value is -2.69. The van der Waals surface area contributed by atoms with Crippen molar-refractivity contribution in [3.8, 4) is 0 Å². The molecule has 0 aromatic heterocycles. The first-order valence-corrected chi connectivity index (χ1v) is 6.41. The molecule has 4 nitrogen and oxygen atoms in total. The maximum atomic E-state index is 12.8. The molecule has 0 aliphatic carbocycles. The average Bonchev–Trinajstić information content (AvgIpc) is 2.45. The number of hydrogen-bond acceptors (Lipinski definition) is 2. The molecule has 0 aliphatic rings. The van der Waals surface area contributed by atoms with Crippen molar-refractivity contribution in [3.05, 3.63) is 59.4 Å². The van der Waals surface area contributed by atoms with Crippen LogP contribution in [0.3, 0.4) is 0 Å². The van der Waals surface area contributed by atoms with Gasteiger partial charge in [0.15, 0.2) is 0 Å². The summed E-state index contributed by atoms with van der Waals surface area (Å²) in [7, 11) is 0. The summed E-state index contributed by atoms with van der Waals surface area (Å²) in [5.74, 6) is -1.98. The molecule has 0 radical (unpaired) electrons. The van der Waals surface area contributed by atoms with Gasteiger partial charge in [0.1, 0.15) is 5.82 Å². The van der Waals surface area contributed by atoms with Gasteiger partial charge in [-0.2, -0.15) is 0 Å². The fourth-order valence-electron chi connectivity index (χ4n) is 1.77. The van der Waals surface area contributed by atoms with Crippen LogP contribution in [0.1, 0.15) is 11.1 Å². The van der Waals surface area contributed by atoms with Crippen molar-refractivity contribution in [1.82, 2.24) is 0 Å². The zero-order valence-electron chi connectivity index (χ0n) is 11.7.